The van der Waals surface area contributed by atoms with Crippen LogP contribution in [0.5, 0.6) is 0 Å². The van der Waals surface area contributed by atoms with Crippen LogP contribution >= 0.6 is 7.82 Å². The Morgan fingerprint density at radius 3 is 1.22 bits per heavy atom. The molecule has 0 amide bonds. The van der Waals surface area contributed by atoms with Crippen molar-refractivity contribution in [3.63, 3.8) is 0 Å². The van der Waals surface area contributed by atoms with E-state index in [0.29, 0.717) is 12.8 Å². The van der Waals surface area contributed by atoms with Gasteiger partial charge in [0.25, 0.3) is 0 Å². The van der Waals surface area contributed by atoms with Gasteiger partial charge in [-0.15, -0.1) is 0 Å². The Hall–Kier alpha value is -1.03. The minimum absolute atomic E-state index is 0.192. The van der Waals surface area contributed by atoms with Crippen LogP contribution in [-0.4, -0.2) is 65.7 Å². The highest BCUT2D eigenvalue weighted by molar-refractivity contribution is 7.47. The van der Waals surface area contributed by atoms with E-state index >= 15 is 0 Å². The molecule has 0 aromatic rings. The number of rotatable bonds is 40. The van der Waals surface area contributed by atoms with E-state index in [-0.39, 0.29) is 19.4 Å². The summed E-state index contributed by atoms with van der Waals surface area (Å²) in [6.45, 7) is 2.40. The predicted octanol–water partition coefficient (Wildman–Crippen LogP) is 10.7. The summed E-state index contributed by atoms with van der Waals surface area (Å²) < 4.78 is 32.7. The number of esters is 2. The van der Waals surface area contributed by atoms with E-state index in [9.17, 15) is 24.2 Å². The van der Waals surface area contributed by atoms with Gasteiger partial charge >= 0.3 is 19.8 Å². The average molecular weight is 751 g/mol. The van der Waals surface area contributed by atoms with Crippen molar-refractivity contribution in [1.29, 1.82) is 0 Å². The summed E-state index contributed by atoms with van der Waals surface area (Å²) in [7, 11) is -4.60. The standard InChI is InChI=1S/C40H79O10P/c1-3-5-7-9-11-13-15-17-18-20-21-23-25-27-29-31-39(43)47-35-38(36-49-51(45,46)48-34-37(42)33-41)50-40(44)32-30-28-26-24-22-19-16-14-12-10-8-6-4-2/h37-38,41-42H,3-36H2,1-2H3,(H,45,46)/t37-,38+/m0/s1. The first-order chi connectivity index (χ1) is 24.7. The summed E-state index contributed by atoms with van der Waals surface area (Å²) in [6.07, 6.45) is 32.1. The van der Waals surface area contributed by atoms with Crippen molar-refractivity contribution in [1.82, 2.24) is 0 Å². The van der Waals surface area contributed by atoms with Crippen molar-refractivity contribution in [2.45, 2.75) is 219 Å². The molecule has 0 bridgehead atoms. The quantitative estimate of drug-likeness (QED) is 0.0314. The van der Waals surface area contributed by atoms with E-state index in [1.54, 1.807) is 0 Å². The normalized spacial score (nSPS) is 13.9. The molecule has 0 fully saturated rings. The SMILES string of the molecule is CCCCCCCCCCCCCCCCCC(=O)OC[C@H](COP(=O)(O)OC[C@@H](O)CO)OC(=O)CCCCCCCCCCCCCCC. The first kappa shape index (κ1) is 50.0. The molecule has 0 aliphatic heterocycles. The highest BCUT2D eigenvalue weighted by Gasteiger charge is 2.27. The maximum atomic E-state index is 12.6. The predicted molar refractivity (Wildman–Crippen MR) is 206 cm³/mol. The summed E-state index contributed by atoms with van der Waals surface area (Å²) in [5.74, 6) is -0.911. The number of aliphatic hydroxyl groups excluding tert-OH is 2. The van der Waals surface area contributed by atoms with Gasteiger partial charge in [-0.2, -0.15) is 0 Å². The van der Waals surface area contributed by atoms with Crippen LogP contribution in [0, 0.1) is 0 Å². The van der Waals surface area contributed by atoms with Crippen molar-refractivity contribution in [3.8, 4) is 0 Å². The maximum absolute atomic E-state index is 12.6. The summed E-state index contributed by atoms with van der Waals surface area (Å²) in [6, 6.07) is 0. The molecule has 0 radical (unpaired) electrons. The fourth-order valence-electron chi connectivity index (χ4n) is 5.99. The van der Waals surface area contributed by atoms with Crippen LogP contribution in [0.2, 0.25) is 0 Å². The lowest BCUT2D eigenvalue weighted by Crippen LogP contribution is -2.29. The first-order valence-electron chi connectivity index (χ1n) is 21.0. The van der Waals surface area contributed by atoms with Crippen LogP contribution in [0.15, 0.2) is 0 Å². The monoisotopic (exact) mass is 751 g/mol. The molecular weight excluding hydrogens is 671 g/mol. The summed E-state index contributed by atoms with van der Waals surface area (Å²) in [4.78, 5) is 34.9. The fourth-order valence-corrected chi connectivity index (χ4v) is 6.78. The second kappa shape index (κ2) is 37.3. The number of hydrogen-bond donors (Lipinski definition) is 3. The lowest BCUT2D eigenvalue weighted by molar-refractivity contribution is -0.161. The van der Waals surface area contributed by atoms with Gasteiger partial charge in [-0.1, -0.05) is 181 Å². The number of carbonyl (C=O) groups is 2. The van der Waals surface area contributed by atoms with E-state index in [2.05, 4.69) is 18.4 Å². The molecule has 10 nitrogen and oxygen atoms in total. The fraction of sp³-hybridized carbons (Fsp3) is 0.950. The zero-order valence-electron chi connectivity index (χ0n) is 32.8. The largest absolute Gasteiger partial charge is 0.472 e. The highest BCUT2D eigenvalue weighted by atomic mass is 31.2. The average Bonchev–Trinajstić information content (AvgIpc) is 3.12. The maximum Gasteiger partial charge on any atom is 0.472 e. The molecule has 0 heterocycles. The van der Waals surface area contributed by atoms with Gasteiger partial charge in [0.05, 0.1) is 19.8 Å². The molecule has 0 saturated carbocycles. The van der Waals surface area contributed by atoms with Gasteiger partial charge in [0.1, 0.15) is 12.7 Å². The highest BCUT2D eigenvalue weighted by Crippen LogP contribution is 2.43. The number of hydrogen-bond acceptors (Lipinski definition) is 9. The molecule has 0 rings (SSSR count). The number of aliphatic hydroxyl groups is 2. The Labute approximate surface area is 312 Å². The molecule has 0 aliphatic carbocycles. The van der Waals surface area contributed by atoms with Crippen molar-refractivity contribution >= 4 is 19.8 Å². The minimum atomic E-state index is -4.60. The number of carbonyl (C=O) groups excluding carboxylic acids is 2. The van der Waals surface area contributed by atoms with Gasteiger partial charge in [0, 0.05) is 12.8 Å². The van der Waals surface area contributed by atoms with E-state index in [4.69, 9.17) is 19.1 Å². The summed E-state index contributed by atoms with van der Waals surface area (Å²) >= 11 is 0. The van der Waals surface area contributed by atoms with Crippen LogP contribution in [-0.2, 0) is 32.7 Å². The molecule has 0 spiro atoms. The molecule has 0 saturated heterocycles. The molecule has 0 aliphatic rings. The van der Waals surface area contributed by atoms with Gasteiger partial charge in [-0.25, -0.2) is 4.57 Å². The number of phosphoric acid groups is 1. The smallest absolute Gasteiger partial charge is 0.462 e. The molecule has 304 valence electrons. The topological polar surface area (TPSA) is 149 Å². The van der Waals surface area contributed by atoms with Gasteiger partial charge in [0.2, 0.25) is 0 Å². The molecule has 51 heavy (non-hydrogen) atoms. The molecule has 0 aromatic heterocycles. The molecule has 3 atom stereocenters. The van der Waals surface area contributed by atoms with Crippen LogP contribution in [0.1, 0.15) is 206 Å². The van der Waals surface area contributed by atoms with Gasteiger partial charge in [0.15, 0.2) is 6.10 Å². The summed E-state index contributed by atoms with van der Waals surface area (Å²) in [5, 5.41) is 18.3. The Balaban J connectivity index is 4.27. The van der Waals surface area contributed by atoms with Crippen LogP contribution in [0.3, 0.4) is 0 Å². The Bertz CT molecular complexity index is 827. The first-order valence-corrected chi connectivity index (χ1v) is 22.5. The third-order valence-electron chi connectivity index (χ3n) is 9.26. The van der Waals surface area contributed by atoms with Gasteiger partial charge in [-0.3, -0.25) is 18.6 Å². The molecule has 3 N–H and O–H groups in total. The van der Waals surface area contributed by atoms with Crippen molar-refractivity contribution in [2.24, 2.45) is 0 Å². The summed E-state index contributed by atoms with van der Waals surface area (Å²) in [5.41, 5.74) is 0. The van der Waals surface area contributed by atoms with E-state index in [0.717, 1.165) is 32.1 Å². The lowest BCUT2D eigenvalue weighted by atomic mass is 10.0. The third kappa shape index (κ3) is 37.1. The van der Waals surface area contributed by atoms with Crippen LogP contribution in [0.25, 0.3) is 0 Å². The second-order valence-electron chi connectivity index (χ2n) is 14.4. The van der Waals surface area contributed by atoms with Crippen LogP contribution in [0.4, 0.5) is 0 Å². The van der Waals surface area contributed by atoms with Gasteiger partial charge < -0.3 is 24.6 Å². The molecular formula is C40H79O10P. The number of unbranched alkanes of at least 4 members (excludes halogenated alkanes) is 26. The number of ether oxygens (including phenoxy) is 2. The van der Waals surface area contributed by atoms with Crippen molar-refractivity contribution in [3.05, 3.63) is 0 Å². The van der Waals surface area contributed by atoms with Crippen molar-refractivity contribution in [2.75, 3.05) is 26.4 Å². The minimum Gasteiger partial charge on any atom is -0.462 e. The number of phosphoric ester groups is 1. The molecule has 11 heteroatoms. The van der Waals surface area contributed by atoms with Crippen LogP contribution < -0.4 is 0 Å². The Morgan fingerprint density at radius 1 is 0.510 bits per heavy atom. The molecule has 0 aromatic carbocycles. The Kier molecular flexibility index (Phi) is 36.5. The molecule has 1 unspecified atom stereocenters. The van der Waals surface area contributed by atoms with E-state index in [1.165, 1.54) is 135 Å². The Morgan fingerprint density at radius 2 is 0.843 bits per heavy atom. The van der Waals surface area contributed by atoms with Crippen molar-refractivity contribution < 1.29 is 47.8 Å². The zero-order valence-corrected chi connectivity index (χ0v) is 33.7. The van der Waals surface area contributed by atoms with E-state index in [1.807, 2.05) is 0 Å². The third-order valence-corrected chi connectivity index (χ3v) is 10.2. The van der Waals surface area contributed by atoms with E-state index < -0.39 is 51.8 Å². The zero-order chi connectivity index (χ0) is 37.7. The second-order valence-corrected chi connectivity index (χ2v) is 15.8. The van der Waals surface area contributed by atoms with Gasteiger partial charge in [-0.05, 0) is 12.8 Å². The lowest BCUT2D eigenvalue weighted by Gasteiger charge is -2.20.